The Balaban J connectivity index is 1.90. The quantitative estimate of drug-likeness (QED) is 0.561. The standard InChI is InChI=1S/C19H13Cl2F3O3S/c20-12-1-3-13(4-2-12)28-17-8-16-10(6-15(17)21)5-11(9-27-16)14(7-18(25)26)19(22,23)24/h1-6,8,14H,7,9H2,(H,25,26). The number of hydrogen-bond donors (Lipinski definition) is 1. The molecule has 2 aromatic carbocycles. The Labute approximate surface area is 173 Å². The summed E-state index contributed by atoms with van der Waals surface area (Å²) in [5.41, 5.74) is 0.239. The monoisotopic (exact) mass is 448 g/mol. The lowest BCUT2D eigenvalue weighted by atomic mass is 9.92. The highest BCUT2D eigenvalue weighted by atomic mass is 35.5. The van der Waals surface area contributed by atoms with Gasteiger partial charge in [-0.15, -0.1) is 0 Å². The van der Waals surface area contributed by atoms with Gasteiger partial charge in [0.1, 0.15) is 12.4 Å². The van der Waals surface area contributed by atoms with Gasteiger partial charge < -0.3 is 9.84 Å². The van der Waals surface area contributed by atoms with Crippen molar-refractivity contribution in [2.75, 3.05) is 6.61 Å². The number of fused-ring (bicyclic) bond motifs is 1. The van der Waals surface area contributed by atoms with E-state index in [0.717, 1.165) is 4.90 Å². The van der Waals surface area contributed by atoms with Crippen LogP contribution in [0.3, 0.4) is 0 Å². The maximum absolute atomic E-state index is 13.3. The Morgan fingerprint density at radius 1 is 1.21 bits per heavy atom. The smallest absolute Gasteiger partial charge is 0.396 e. The van der Waals surface area contributed by atoms with Crippen LogP contribution in [0.5, 0.6) is 5.75 Å². The van der Waals surface area contributed by atoms with Crippen molar-refractivity contribution in [1.29, 1.82) is 0 Å². The van der Waals surface area contributed by atoms with E-state index < -0.39 is 24.5 Å². The number of hydrogen-bond acceptors (Lipinski definition) is 3. The first-order valence-corrected chi connectivity index (χ1v) is 9.59. The molecule has 3 rings (SSSR count). The number of ether oxygens (including phenoxy) is 1. The molecule has 0 saturated heterocycles. The van der Waals surface area contributed by atoms with Gasteiger partial charge in [-0.25, -0.2) is 0 Å². The number of benzene rings is 2. The highest BCUT2D eigenvalue weighted by Gasteiger charge is 2.44. The summed E-state index contributed by atoms with van der Waals surface area (Å²) in [7, 11) is 0. The molecule has 1 heterocycles. The first-order chi connectivity index (χ1) is 13.1. The molecule has 1 atom stereocenters. The molecule has 0 fully saturated rings. The average Bonchev–Trinajstić information content (AvgIpc) is 2.61. The summed E-state index contributed by atoms with van der Waals surface area (Å²) in [5, 5.41) is 9.76. The van der Waals surface area contributed by atoms with Crippen LogP contribution in [0.2, 0.25) is 10.0 Å². The van der Waals surface area contributed by atoms with Gasteiger partial charge in [-0.1, -0.05) is 35.0 Å². The SMILES string of the molecule is O=C(O)CC(C1=Cc2cc(Cl)c(Sc3ccc(Cl)cc3)cc2OC1)C(F)(F)F. The molecule has 1 aliphatic heterocycles. The van der Waals surface area contributed by atoms with Crippen molar-refractivity contribution in [2.45, 2.75) is 22.4 Å². The molecule has 3 nitrogen and oxygen atoms in total. The van der Waals surface area contributed by atoms with E-state index in [1.165, 1.54) is 23.9 Å². The predicted octanol–water partition coefficient (Wildman–Crippen LogP) is 6.57. The molecule has 2 aromatic rings. The van der Waals surface area contributed by atoms with Crippen LogP contribution in [0.1, 0.15) is 12.0 Å². The zero-order valence-electron chi connectivity index (χ0n) is 14.1. The highest BCUT2D eigenvalue weighted by Crippen LogP contribution is 2.43. The second-order valence-electron chi connectivity index (χ2n) is 6.08. The first-order valence-electron chi connectivity index (χ1n) is 8.02. The van der Waals surface area contributed by atoms with Gasteiger partial charge in [0.2, 0.25) is 0 Å². The van der Waals surface area contributed by atoms with Gasteiger partial charge in [0, 0.05) is 20.4 Å². The zero-order chi connectivity index (χ0) is 20.5. The molecule has 9 heteroatoms. The minimum Gasteiger partial charge on any atom is -0.489 e. The third-order valence-electron chi connectivity index (χ3n) is 4.06. The van der Waals surface area contributed by atoms with Crippen LogP contribution in [0.15, 0.2) is 51.8 Å². The number of carboxylic acid groups (broad SMARTS) is 1. The number of halogens is 5. The molecule has 1 N–H and O–H groups in total. The maximum Gasteiger partial charge on any atom is 0.396 e. The molecule has 0 aliphatic carbocycles. The molecule has 0 amide bonds. The van der Waals surface area contributed by atoms with Crippen LogP contribution >= 0.6 is 35.0 Å². The molecular weight excluding hydrogens is 436 g/mol. The normalized spacial score (nSPS) is 14.7. The lowest BCUT2D eigenvalue weighted by Gasteiger charge is -2.26. The molecule has 1 aliphatic rings. The van der Waals surface area contributed by atoms with Crippen molar-refractivity contribution in [1.82, 2.24) is 0 Å². The molecular formula is C19H13Cl2F3O3S. The van der Waals surface area contributed by atoms with E-state index in [1.54, 1.807) is 18.2 Å². The van der Waals surface area contributed by atoms with Gasteiger partial charge in [-0.05, 0) is 48.0 Å². The van der Waals surface area contributed by atoms with E-state index in [9.17, 15) is 18.0 Å². The Morgan fingerprint density at radius 3 is 2.50 bits per heavy atom. The Kier molecular flexibility index (Phi) is 6.17. The number of alkyl halides is 3. The minimum atomic E-state index is -4.68. The van der Waals surface area contributed by atoms with E-state index in [4.69, 9.17) is 33.0 Å². The summed E-state index contributed by atoms with van der Waals surface area (Å²) < 4.78 is 45.3. The average molecular weight is 449 g/mol. The van der Waals surface area contributed by atoms with Gasteiger partial charge in [0.25, 0.3) is 0 Å². The van der Waals surface area contributed by atoms with Crippen LogP contribution in [0.25, 0.3) is 6.08 Å². The summed E-state index contributed by atoms with van der Waals surface area (Å²) in [6.45, 7) is -0.336. The van der Waals surface area contributed by atoms with E-state index in [2.05, 4.69) is 0 Å². The number of carbonyl (C=O) groups is 1. The summed E-state index contributed by atoms with van der Waals surface area (Å²) in [4.78, 5) is 12.4. The van der Waals surface area contributed by atoms with Gasteiger partial charge >= 0.3 is 12.1 Å². The Bertz CT molecular complexity index is 927. The van der Waals surface area contributed by atoms with E-state index in [0.29, 0.717) is 26.3 Å². The minimum absolute atomic E-state index is 0.142. The summed E-state index contributed by atoms with van der Waals surface area (Å²) in [6, 6.07) is 10.3. The predicted molar refractivity (Wildman–Crippen MR) is 102 cm³/mol. The van der Waals surface area contributed by atoms with Crippen LogP contribution in [-0.4, -0.2) is 23.9 Å². The molecule has 0 saturated carbocycles. The zero-order valence-corrected chi connectivity index (χ0v) is 16.4. The third-order valence-corrected chi connectivity index (χ3v) is 5.80. The summed E-state index contributed by atoms with van der Waals surface area (Å²) in [5.74, 6) is -3.25. The fourth-order valence-electron chi connectivity index (χ4n) is 2.73. The van der Waals surface area contributed by atoms with Gasteiger partial charge in [-0.2, -0.15) is 13.2 Å². The molecule has 0 bridgehead atoms. The summed E-state index contributed by atoms with van der Waals surface area (Å²) >= 11 is 13.5. The van der Waals surface area contributed by atoms with Gasteiger partial charge in [0.15, 0.2) is 0 Å². The van der Waals surface area contributed by atoms with Crippen molar-refractivity contribution >= 4 is 47.0 Å². The number of aliphatic carboxylic acids is 1. The van der Waals surface area contributed by atoms with Crippen LogP contribution < -0.4 is 4.74 Å². The first kappa shape index (κ1) is 20.9. The maximum atomic E-state index is 13.3. The second kappa shape index (κ2) is 8.27. The largest absolute Gasteiger partial charge is 0.489 e. The van der Waals surface area contributed by atoms with Crippen LogP contribution in [0.4, 0.5) is 13.2 Å². The van der Waals surface area contributed by atoms with Crippen LogP contribution in [0, 0.1) is 5.92 Å². The highest BCUT2D eigenvalue weighted by molar-refractivity contribution is 7.99. The lowest BCUT2D eigenvalue weighted by molar-refractivity contribution is -0.174. The molecule has 0 radical (unpaired) electrons. The van der Waals surface area contributed by atoms with Gasteiger partial charge in [-0.3, -0.25) is 4.79 Å². The van der Waals surface area contributed by atoms with E-state index >= 15 is 0 Å². The summed E-state index contributed by atoms with van der Waals surface area (Å²) in [6.07, 6.45) is -4.42. The molecule has 28 heavy (non-hydrogen) atoms. The number of rotatable bonds is 5. The molecule has 148 valence electrons. The number of carboxylic acids is 1. The molecule has 1 unspecified atom stereocenters. The topological polar surface area (TPSA) is 46.5 Å². The van der Waals surface area contributed by atoms with E-state index in [1.807, 2.05) is 12.1 Å². The van der Waals surface area contributed by atoms with Crippen molar-refractivity contribution in [2.24, 2.45) is 5.92 Å². The van der Waals surface area contributed by atoms with Crippen molar-refractivity contribution in [3.63, 3.8) is 0 Å². The molecule has 0 spiro atoms. The Hall–Kier alpha value is -1.83. The van der Waals surface area contributed by atoms with Crippen molar-refractivity contribution in [3.8, 4) is 5.75 Å². The third kappa shape index (κ3) is 4.96. The van der Waals surface area contributed by atoms with Crippen LogP contribution in [-0.2, 0) is 4.79 Å². The van der Waals surface area contributed by atoms with E-state index in [-0.39, 0.29) is 12.2 Å². The fourth-order valence-corrected chi connectivity index (χ4v) is 3.99. The lowest BCUT2D eigenvalue weighted by Crippen LogP contribution is -2.30. The van der Waals surface area contributed by atoms with Crippen molar-refractivity contribution in [3.05, 3.63) is 57.6 Å². The fraction of sp³-hybridized carbons (Fsp3) is 0.211. The molecule has 0 aromatic heterocycles. The Morgan fingerprint density at radius 2 is 1.89 bits per heavy atom. The van der Waals surface area contributed by atoms with Gasteiger partial charge in [0.05, 0.1) is 17.4 Å². The second-order valence-corrected chi connectivity index (χ2v) is 8.04. The van der Waals surface area contributed by atoms with Crippen molar-refractivity contribution < 1.29 is 27.8 Å².